The molecule has 14 heavy (non-hydrogen) atoms. The van der Waals surface area contributed by atoms with E-state index >= 15 is 0 Å². The lowest BCUT2D eigenvalue weighted by Crippen LogP contribution is -2.37. The van der Waals surface area contributed by atoms with Crippen molar-refractivity contribution >= 4 is 0 Å². The molecule has 0 amide bonds. The van der Waals surface area contributed by atoms with E-state index < -0.39 is 0 Å². The van der Waals surface area contributed by atoms with Crippen molar-refractivity contribution in [1.29, 1.82) is 0 Å². The maximum Gasteiger partial charge on any atom is 0.0209 e. The Morgan fingerprint density at radius 1 is 1.43 bits per heavy atom. The van der Waals surface area contributed by atoms with Crippen molar-refractivity contribution in [3.8, 4) is 0 Å². The van der Waals surface area contributed by atoms with Gasteiger partial charge in [0.05, 0.1) is 0 Å². The Labute approximate surface area is 88.1 Å². The summed E-state index contributed by atoms with van der Waals surface area (Å²) in [5.74, 6) is 0. The Bertz CT molecular complexity index is 196. The Morgan fingerprint density at radius 3 is 2.71 bits per heavy atom. The minimum atomic E-state index is 0.636. The lowest BCUT2D eigenvalue weighted by molar-refractivity contribution is 0.268. The van der Waals surface area contributed by atoms with Gasteiger partial charge in [-0.3, -0.25) is 0 Å². The van der Waals surface area contributed by atoms with Gasteiger partial charge in [0.2, 0.25) is 0 Å². The van der Waals surface area contributed by atoms with Crippen LogP contribution >= 0.6 is 0 Å². The summed E-state index contributed by atoms with van der Waals surface area (Å²) in [4.78, 5) is 2.65. The molecular formula is C12H24N2. The maximum absolute atomic E-state index is 3.64. The summed E-state index contributed by atoms with van der Waals surface area (Å²) < 4.78 is 0. The van der Waals surface area contributed by atoms with Gasteiger partial charge in [0.1, 0.15) is 0 Å². The summed E-state index contributed by atoms with van der Waals surface area (Å²) in [7, 11) is 0. The lowest BCUT2D eigenvalue weighted by atomic mass is 10.1. The van der Waals surface area contributed by atoms with Crippen LogP contribution in [0.3, 0.4) is 0 Å². The first-order valence-corrected chi connectivity index (χ1v) is 6.06. The molecule has 0 aromatic carbocycles. The normalized spacial score (nSPS) is 31.3. The van der Waals surface area contributed by atoms with Gasteiger partial charge in [0, 0.05) is 25.2 Å². The molecule has 1 saturated carbocycles. The average molecular weight is 196 g/mol. The van der Waals surface area contributed by atoms with Crippen molar-refractivity contribution < 1.29 is 0 Å². The number of rotatable bonds is 4. The van der Waals surface area contributed by atoms with E-state index in [1.165, 1.54) is 38.9 Å². The van der Waals surface area contributed by atoms with Crippen molar-refractivity contribution in [2.24, 2.45) is 5.41 Å². The molecule has 0 aromatic heterocycles. The fraction of sp³-hybridized carbons (Fsp3) is 1.00. The molecule has 1 unspecified atom stereocenters. The van der Waals surface area contributed by atoms with E-state index in [2.05, 4.69) is 31.0 Å². The highest BCUT2D eigenvalue weighted by Crippen LogP contribution is 2.45. The monoisotopic (exact) mass is 196 g/mol. The molecule has 0 bridgehead atoms. The first kappa shape index (κ1) is 10.4. The fourth-order valence-electron chi connectivity index (χ4n) is 2.50. The van der Waals surface area contributed by atoms with Gasteiger partial charge in [-0.05, 0) is 31.2 Å². The molecule has 1 saturated heterocycles. The van der Waals surface area contributed by atoms with Crippen LogP contribution in [0.25, 0.3) is 0 Å². The third-order valence-corrected chi connectivity index (χ3v) is 3.55. The van der Waals surface area contributed by atoms with Crippen molar-refractivity contribution in [1.82, 2.24) is 10.2 Å². The van der Waals surface area contributed by atoms with Crippen LogP contribution in [0, 0.1) is 5.41 Å². The summed E-state index contributed by atoms with van der Waals surface area (Å²) in [6, 6.07) is 1.38. The number of nitrogens with zero attached hydrogens (tertiary/aromatic N) is 1. The van der Waals surface area contributed by atoms with Crippen molar-refractivity contribution in [3.05, 3.63) is 0 Å². The Kier molecular flexibility index (Phi) is 2.85. The van der Waals surface area contributed by atoms with Crippen molar-refractivity contribution in [2.75, 3.05) is 19.6 Å². The van der Waals surface area contributed by atoms with Crippen LogP contribution in [0.2, 0.25) is 0 Å². The Hall–Kier alpha value is -0.0800. The third kappa shape index (κ3) is 2.71. The predicted octanol–water partition coefficient (Wildman–Crippen LogP) is 1.86. The Morgan fingerprint density at radius 2 is 2.14 bits per heavy atom. The quantitative estimate of drug-likeness (QED) is 0.738. The van der Waals surface area contributed by atoms with Gasteiger partial charge < -0.3 is 10.2 Å². The van der Waals surface area contributed by atoms with Gasteiger partial charge in [-0.15, -0.1) is 0 Å². The molecule has 0 aromatic rings. The van der Waals surface area contributed by atoms with E-state index in [1.54, 1.807) is 0 Å². The van der Waals surface area contributed by atoms with Crippen LogP contribution in [0.15, 0.2) is 0 Å². The standard InChI is InChI=1S/C12H24N2/c1-10(2)13-11-4-7-14(8-11)9-12(3)5-6-12/h10-11,13H,4-9H2,1-3H3. The number of nitrogens with one attached hydrogen (secondary N) is 1. The van der Waals surface area contributed by atoms with Crippen LogP contribution < -0.4 is 5.32 Å². The highest BCUT2D eigenvalue weighted by molar-refractivity contribution is 4.94. The van der Waals surface area contributed by atoms with Crippen LogP contribution in [0.5, 0.6) is 0 Å². The van der Waals surface area contributed by atoms with Crippen LogP contribution in [0.4, 0.5) is 0 Å². The fourth-order valence-corrected chi connectivity index (χ4v) is 2.50. The van der Waals surface area contributed by atoms with Gasteiger partial charge >= 0.3 is 0 Å². The lowest BCUT2D eigenvalue weighted by Gasteiger charge is -2.21. The van der Waals surface area contributed by atoms with E-state index in [1.807, 2.05) is 0 Å². The minimum absolute atomic E-state index is 0.636. The zero-order valence-electron chi connectivity index (χ0n) is 9.84. The molecule has 1 N–H and O–H groups in total. The van der Waals surface area contributed by atoms with Crippen LogP contribution in [-0.2, 0) is 0 Å². The number of hydrogen-bond acceptors (Lipinski definition) is 2. The molecule has 2 rings (SSSR count). The van der Waals surface area contributed by atoms with Gasteiger partial charge in [-0.25, -0.2) is 0 Å². The summed E-state index contributed by atoms with van der Waals surface area (Å²) in [5, 5.41) is 3.64. The van der Waals surface area contributed by atoms with Gasteiger partial charge in [-0.2, -0.15) is 0 Å². The third-order valence-electron chi connectivity index (χ3n) is 3.55. The first-order valence-electron chi connectivity index (χ1n) is 6.06. The van der Waals surface area contributed by atoms with E-state index in [-0.39, 0.29) is 0 Å². The van der Waals surface area contributed by atoms with Gasteiger partial charge in [-0.1, -0.05) is 20.8 Å². The number of hydrogen-bond donors (Lipinski definition) is 1. The van der Waals surface area contributed by atoms with Crippen molar-refractivity contribution in [2.45, 2.75) is 52.1 Å². The molecule has 1 aliphatic heterocycles. The molecule has 0 radical (unpaired) electrons. The molecule has 1 aliphatic carbocycles. The highest BCUT2D eigenvalue weighted by atomic mass is 15.2. The zero-order chi connectivity index (χ0) is 10.2. The SMILES string of the molecule is CC(C)NC1CCN(CC2(C)CC2)C1. The summed E-state index contributed by atoms with van der Waals surface area (Å²) in [5.41, 5.74) is 0.687. The largest absolute Gasteiger partial charge is 0.310 e. The summed E-state index contributed by atoms with van der Waals surface area (Å²) in [6.07, 6.45) is 4.24. The summed E-state index contributed by atoms with van der Waals surface area (Å²) >= 11 is 0. The van der Waals surface area contributed by atoms with E-state index in [0.717, 1.165) is 6.04 Å². The molecule has 2 aliphatic rings. The van der Waals surface area contributed by atoms with Crippen LogP contribution in [0.1, 0.15) is 40.0 Å². The average Bonchev–Trinajstić information content (AvgIpc) is 2.61. The molecular weight excluding hydrogens is 172 g/mol. The molecule has 2 nitrogen and oxygen atoms in total. The Balaban J connectivity index is 1.71. The molecule has 0 spiro atoms. The topological polar surface area (TPSA) is 15.3 Å². The smallest absolute Gasteiger partial charge is 0.0209 e. The molecule has 1 heterocycles. The molecule has 2 heteroatoms. The maximum atomic E-state index is 3.64. The van der Waals surface area contributed by atoms with Crippen LogP contribution in [-0.4, -0.2) is 36.6 Å². The minimum Gasteiger partial charge on any atom is -0.310 e. The second-order valence-electron chi connectivity index (χ2n) is 5.85. The van der Waals surface area contributed by atoms with Crippen molar-refractivity contribution in [3.63, 3.8) is 0 Å². The second kappa shape index (κ2) is 3.82. The van der Waals surface area contributed by atoms with E-state index in [4.69, 9.17) is 0 Å². The van der Waals surface area contributed by atoms with E-state index in [0.29, 0.717) is 11.5 Å². The second-order valence-corrected chi connectivity index (χ2v) is 5.85. The molecule has 2 fully saturated rings. The first-order chi connectivity index (χ1) is 6.57. The zero-order valence-corrected chi connectivity index (χ0v) is 9.84. The highest BCUT2D eigenvalue weighted by Gasteiger charge is 2.40. The van der Waals surface area contributed by atoms with Gasteiger partial charge in [0.15, 0.2) is 0 Å². The number of likely N-dealkylation sites (tertiary alicyclic amines) is 1. The van der Waals surface area contributed by atoms with Gasteiger partial charge in [0.25, 0.3) is 0 Å². The summed E-state index contributed by atoms with van der Waals surface area (Å²) in [6.45, 7) is 10.8. The molecule has 1 atom stereocenters. The predicted molar refractivity (Wildman–Crippen MR) is 60.5 cm³/mol. The van der Waals surface area contributed by atoms with E-state index in [9.17, 15) is 0 Å². The molecule has 82 valence electrons.